The molecule has 10 nitrogen and oxygen atoms in total. The van der Waals surface area contributed by atoms with Gasteiger partial charge in [0.1, 0.15) is 11.5 Å². The van der Waals surface area contributed by atoms with E-state index in [1.807, 2.05) is 30.3 Å². The number of nitrogens with zero attached hydrogens (tertiary/aromatic N) is 3. The molecule has 0 radical (unpaired) electrons. The Balaban J connectivity index is 2.00. The highest BCUT2D eigenvalue weighted by atomic mass is 16.6. The summed E-state index contributed by atoms with van der Waals surface area (Å²) in [4.78, 5) is 21.7. The molecule has 31 heavy (non-hydrogen) atoms. The number of likely N-dealkylation sites (N-methyl/N-ethyl adjacent to an activating group) is 1. The smallest absolute Gasteiger partial charge is 0.412 e. The average Bonchev–Trinajstić information content (AvgIpc) is 2.79. The van der Waals surface area contributed by atoms with Crippen LogP contribution in [0, 0.1) is 0 Å². The number of hydrogen-bond donors (Lipinski definition) is 3. The van der Waals surface area contributed by atoms with Crippen LogP contribution >= 0.6 is 0 Å². The van der Waals surface area contributed by atoms with Gasteiger partial charge in [0.2, 0.25) is 0 Å². The number of oxime groups is 1. The zero-order valence-electron chi connectivity index (χ0n) is 17.7. The Bertz CT molecular complexity index is 875. The number of allylic oxidation sites excluding steroid dienone is 1. The minimum absolute atomic E-state index is 0.0851. The van der Waals surface area contributed by atoms with Crippen molar-refractivity contribution in [3.05, 3.63) is 72.1 Å². The van der Waals surface area contributed by atoms with Gasteiger partial charge in [-0.15, -0.1) is 0 Å². The molecule has 1 heterocycles. The fraction of sp³-hybridized carbons (Fsp3) is 0.286. The number of amides is 1. The summed E-state index contributed by atoms with van der Waals surface area (Å²) in [7, 11) is 3.31. The molecule has 1 aromatic heterocycles. The molecule has 0 bridgehead atoms. The van der Waals surface area contributed by atoms with E-state index < -0.39 is 6.09 Å². The maximum atomic E-state index is 11.8. The lowest BCUT2D eigenvalue weighted by atomic mass is 10.1. The van der Waals surface area contributed by atoms with Crippen molar-refractivity contribution in [2.75, 3.05) is 32.7 Å². The Morgan fingerprint density at radius 3 is 2.68 bits per heavy atom. The van der Waals surface area contributed by atoms with Crippen LogP contribution in [0.15, 0.2) is 66.0 Å². The molecule has 0 aliphatic heterocycles. The summed E-state index contributed by atoms with van der Waals surface area (Å²) >= 11 is 0. The number of carbonyl (C=O) groups is 1. The second-order valence-electron chi connectivity index (χ2n) is 6.34. The topological polar surface area (TPSA) is 123 Å². The zero-order valence-corrected chi connectivity index (χ0v) is 17.7. The minimum Gasteiger partial charge on any atom is -0.449 e. The minimum atomic E-state index is -0.584. The number of rotatable bonds is 12. The predicted molar refractivity (Wildman–Crippen MR) is 118 cm³/mol. The molecular formula is C21H28N6O4. The van der Waals surface area contributed by atoms with Crippen molar-refractivity contribution in [1.29, 1.82) is 0 Å². The molecule has 1 aromatic carbocycles. The standard InChI is InChI=1S/C21H28N6O4/c1-16(27(2)26-22)20(17-9-5-4-6-10-17)25-31-15-18-11-7-12-19(23-18)24-21(28)30-14-8-13-29-3/h4-7,9-12,26H,1,8,13-15,22H2,2-3H3,(H,23,24,28)/b25-20+. The lowest BCUT2D eigenvalue weighted by Crippen LogP contribution is -2.41. The molecule has 10 heteroatoms. The summed E-state index contributed by atoms with van der Waals surface area (Å²) in [5.74, 6) is 5.82. The Hall–Kier alpha value is -3.47. The van der Waals surface area contributed by atoms with E-state index in [1.165, 1.54) is 5.01 Å². The van der Waals surface area contributed by atoms with E-state index in [0.717, 1.165) is 5.56 Å². The van der Waals surface area contributed by atoms with Crippen LogP contribution in [0.5, 0.6) is 0 Å². The van der Waals surface area contributed by atoms with Crippen molar-refractivity contribution in [3.8, 4) is 0 Å². The summed E-state index contributed by atoms with van der Waals surface area (Å²) in [6.07, 6.45) is 0.0346. The van der Waals surface area contributed by atoms with Gasteiger partial charge in [-0.2, -0.15) is 5.53 Å². The van der Waals surface area contributed by atoms with E-state index in [9.17, 15) is 4.79 Å². The van der Waals surface area contributed by atoms with Crippen LogP contribution in [-0.4, -0.2) is 49.2 Å². The SMILES string of the molecule is C=C(/C(=N\OCc1cccc(NC(=O)OCCCOC)n1)c1ccccc1)N(C)NN. The van der Waals surface area contributed by atoms with Gasteiger partial charge in [-0.05, 0) is 12.1 Å². The molecule has 0 spiro atoms. The summed E-state index contributed by atoms with van der Waals surface area (Å²) in [5, 5.41) is 8.32. The van der Waals surface area contributed by atoms with Crippen LogP contribution in [0.1, 0.15) is 17.7 Å². The highest BCUT2D eigenvalue weighted by Gasteiger charge is 2.13. The molecule has 4 N–H and O–H groups in total. The van der Waals surface area contributed by atoms with Crippen molar-refractivity contribution in [2.45, 2.75) is 13.0 Å². The van der Waals surface area contributed by atoms with E-state index >= 15 is 0 Å². The predicted octanol–water partition coefficient (Wildman–Crippen LogP) is 2.41. The third kappa shape index (κ3) is 8.05. The first-order valence-corrected chi connectivity index (χ1v) is 9.58. The second kappa shape index (κ2) is 13.0. The fourth-order valence-electron chi connectivity index (χ4n) is 2.41. The molecule has 0 aliphatic carbocycles. The lowest BCUT2D eigenvalue weighted by Gasteiger charge is -2.20. The van der Waals surface area contributed by atoms with Crippen molar-refractivity contribution < 1.29 is 19.1 Å². The summed E-state index contributed by atoms with van der Waals surface area (Å²) in [6, 6.07) is 14.6. The first kappa shape index (κ1) is 23.8. The van der Waals surface area contributed by atoms with Gasteiger partial charge in [-0.1, -0.05) is 48.1 Å². The van der Waals surface area contributed by atoms with Crippen LogP contribution < -0.4 is 16.7 Å². The number of hydrazine groups is 2. The molecular weight excluding hydrogens is 400 g/mol. The number of aromatic nitrogens is 1. The number of nitrogens with two attached hydrogens (primary N) is 1. The van der Waals surface area contributed by atoms with E-state index in [-0.39, 0.29) is 13.2 Å². The van der Waals surface area contributed by atoms with Gasteiger partial charge in [-0.25, -0.2) is 9.78 Å². The summed E-state index contributed by atoms with van der Waals surface area (Å²) in [5.41, 5.74) is 4.91. The van der Waals surface area contributed by atoms with Crippen molar-refractivity contribution >= 4 is 17.6 Å². The van der Waals surface area contributed by atoms with Crippen LogP contribution in [0.3, 0.4) is 0 Å². The van der Waals surface area contributed by atoms with Crippen molar-refractivity contribution in [1.82, 2.24) is 15.5 Å². The molecule has 0 atom stereocenters. The highest BCUT2D eigenvalue weighted by Crippen LogP contribution is 2.12. The van der Waals surface area contributed by atoms with E-state index in [2.05, 4.69) is 27.6 Å². The third-order valence-electron chi connectivity index (χ3n) is 4.05. The number of hydrogen-bond acceptors (Lipinski definition) is 9. The van der Waals surface area contributed by atoms with Crippen molar-refractivity contribution in [3.63, 3.8) is 0 Å². The van der Waals surface area contributed by atoms with Crippen LogP contribution in [0.2, 0.25) is 0 Å². The number of methoxy groups -OCH3 is 1. The fourth-order valence-corrected chi connectivity index (χ4v) is 2.41. The molecule has 1 amide bonds. The van der Waals surface area contributed by atoms with Crippen molar-refractivity contribution in [2.24, 2.45) is 11.0 Å². The first-order valence-electron chi connectivity index (χ1n) is 9.58. The molecule has 2 rings (SSSR count). The third-order valence-corrected chi connectivity index (χ3v) is 4.05. The van der Waals surface area contributed by atoms with Gasteiger partial charge >= 0.3 is 6.09 Å². The molecule has 2 aromatic rings. The molecule has 0 saturated heterocycles. The van der Waals surface area contributed by atoms with Crippen LogP contribution in [-0.2, 0) is 20.9 Å². The average molecular weight is 428 g/mol. The largest absolute Gasteiger partial charge is 0.449 e. The van der Waals surface area contributed by atoms with E-state index in [1.54, 1.807) is 32.4 Å². The number of pyridine rings is 1. The Morgan fingerprint density at radius 2 is 1.97 bits per heavy atom. The molecule has 0 unspecified atom stereocenters. The Kier molecular flexibility index (Phi) is 9.95. The normalized spacial score (nSPS) is 11.0. The summed E-state index contributed by atoms with van der Waals surface area (Å²) < 4.78 is 9.96. The number of ether oxygens (including phenoxy) is 2. The molecule has 166 valence electrons. The molecule has 0 fully saturated rings. The van der Waals surface area contributed by atoms with Crippen LogP contribution in [0.4, 0.5) is 10.6 Å². The van der Waals surface area contributed by atoms with Gasteiger partial charge in [0, 0.05) is 32.7 Å². The van der Waals surface area contributed by atoms with Gasteiger partial charge in [0.05, 0.1) is 18.0 Å². The number of benzene rings is 1. The number of nitrogens with one attached hydrogen (secondary N) is 2. The Morgan fingerprint density at radius 1 is 1.19 bits per heavy atom. The monoisotopic (exact) mass is 428 g/mol. The lowest BCUT2D eigenvalue weighted by molar-refractivity contribution is 0.127. The first-order chi connectivity index (χ1) is 15.0. The van der Waals surface area contributed by atoms with Gasteiger partial charge in [0.25, 0.3) is 0 Å². The second-order valence-corrected chi connectivity index (χ2v) is 6.34. The van der Waals surface area contributed by atoms with E-state index in [0.29, 0.717) is 35.9 Å². The van der Waals surface area contributed by atoms with Gasteiger partial charge < -0.3 is 14.3 Å². The Labute approximate surface area is 181 Å². The maximum Gasteiger partial charge on any atom is 0.412 e. The quantitative estimate of drug-likeness (QED) is 0.204. The summed E-state index contributed by atoms with van der Waals surface area (Å²) in [6.45, 7) is 4.86. The van der Waals surface area contributed by atoms with Gasteiger partial charge in [-0.3, -0.25) is 16.2 Å². The zero-order chi connectivity index (χ0) is 22.5. The number of anilines is 1. The van der Waals surface area contributed by atoms with Gasteiger partial charge in [0.15, 0.2) is 6.61 Å². The molecule has 0 aliphatic rings. The van der Waals surface area contributed by atoms with E-state index in [4.69, 9.17) is 20.2 Å². The number of carbonyl (C=O) groups excluding carboxylic acids is 1. The highest BCUT2D eigenvalue weighted by molar-refractivity contribution is 6.11. The van der Waals surface area contributed by atoms with Crippen LogP contribution in [0.25, 0.3) is 0 Å². The maximum absolute atomic E-state index is 11.8. The molecule has 0 saturated carbocycles.